The maximum absolute atomic E-state index is 11.6. The minimum Gasteiger partial charge on any atom is -0.508 e. The van der Waals surface area contributed by atoms with Gasteiger partial charge >= 0.3 is 0 Å². The predicted molar refractivity (Wildman–Crippen MR) is 64.5 cm³/mol. The van der Waals surface area contributed by atoms with Crippen molar-refractivity contribution in [3.63, 3.8) is 0 Å². The minimum atomic E-state index is -0.966. The number of carbonyl (C=O) groups is 1. The van der Waals surface area contributed by atoms with Crippen LogP contribution < -0.4 is 11.1 Å². The molecule has 4 N–H and O–H groups in total. The largest absolute Gasteiger partial charge is 0.508 e. The number of hydrogen-bond acceptors (Lipinski definition) is 4. The molecule has 1 atom stereocenters. The van der Waals surface area contributed by atoms with Crippen LogP contribution in [0.3, 0.4) is 0 Å². The van der Waals surface area contributed by atoms with Crippen LogP contribution in [0.2, 0.25) is 0 Å². The first kappa shape index (κ1) is 13.5. The van der Waals surface area contributed by atoms with Crippen molar-refractivity contribution in [1.82, 2.24) is 5.32 Å². The van der Waals surface area contributed by atoms with Crippen LogP contribution in [0, 0.1) is 0 Å². The summed E-state index contributed by atoms with van der Waals surface area (Å²) in [4.78, 5) is 11.6. The monoisotopic (exact) mass is 238 g/mol. The van der Waals surface area contributed by atoms with E-state index in [4.69, 9.17) is 10.5 Å². The molecule has 17 heavy (non-hydrogen) atoms. The van der Waals surface area contributed by atoms with Gasteiger partial charge in [-0.3, -0.25) is 10.1 Å². The van der Waals surface area contributed by atoms with E-state index in [9.17, 15) is 9.90 Å². The first-order chi connectivity index (χ1) is 8.00. The van der Waals surface area contributed by atoms with Crippen LogP contribution in [0.1, 0.15) is 12.5 Å². The fraction of sp³-hybridized carbons (Fsp3) is 0.417. The van der Waals surface area contributed by atoms with E-state index >= 15 is 0 Å². The Hall–Kier alpha value is -1.59. The summed E-state index contributed by atoms with van der Waals surface area (Å²) in [6.45, 7) is 2.70. The summed E-state index contributed by atoms with van der Waals surface area (Å²) in [5, 5.41) is 12.3. The molecular formula is C12H18N2O3. The highest BCUT2D eigenvalue weighted by Gasteiger charge is 2.32. The van der Waals surface area contributed by atoms with E-state index in [1.807, 2.05) is 0 Å². The maximum atomic E-state index is 11.6. The summed E-state index contributed by atoms with van der Waals surface area (Å²) in [5.74, 6) is -0.322. The van der Waals surface area contributed by atoms with Crippen molar-refractivity contribution in [2.75, 3.05) is 20.3 Å². The quantitative estimate of drug-likeness (QED) is 0.623. The first-order valence-corrected chi connectivity index (χ1v) is 5.34. The Balaban J connectivity index is 2.90. The maximum Gasteiger partial charge on any atom is 0.242 e. The number of hydrogen-bond donors (Lipinski definition) is 3. The molecule has 0 fully saturated rings. The second-order valence-electron chi connectivity index (χ2n) is 3.96. The van der Waals surface area contributed by atoms with E-state index in [1.54, 1.807) is 26.2 Å². The van der Waals surface area contributed by atoms with Gasteiger partial charge in [0.05, 0.1) is 6.61 Å². The van der Waals surface area contributed by atoms with Gasteiger partial charge in [0.15, 0.2) is 0 Å². The van der Waals surface area contributed by atoms with Gasteiger partial charge in [-0.15, -0.1) is 0 Å². The molecule has 94 valence electrons. The zero-order valence-electron chi connectivity index (χ0n) is 10.1. The molecule has 0 radical (unpaired) electrons. The lowest BCUT2D eigenvalue weighted by Crippen LogP contribution is -2.51. The summed E-state index contributed by atoms with van der Waals surface area (Å²) in [6, 6.07) is 6.38. The van der Waals surface area contributed by atoms with Gasteiger partial charge in [-0.2, -0.15) is 0 Å². The van der Waals surface area contributed by atoms with Crippen LogP contribution in [0.4, 0.5) is 0 Å². The Labute approximate surface area is 101 Å². The molecule has 0 heterocycles. The van der Waals surface area contributed by atoms with Crippen molar-refractivity contribution in [3.05, 3.63) is 29.8 Å². The molecule has 5 nitrogen and oxygen atoms in total. The van der Waals surface area contributed by atoms with Gasteiger partial charge in [0.25, 0.3) is 0 Å². The lowest BCUT2D eigenvalue weighted by molar-refractivity contribution is -0.124. The number of rotatable bonds is 6. The van der Waals surface area contributed by atoms with Crippen molar-refractivity contribution in [2.45, 2.75) is 12.5 Å². The van der Waals surface area contributed by atoms with Crippen molar-refractivity contribution in [2.24, 2.45) is 5.73 Å². The number of carbonyl (C=O) groups excluding carboxylic acids is 1. The zero-order chi connectivity index (χ0) is 12.9. The fourth-order valence-corrected chi connectivity index (χ4v) is 1.53. The van der Waals surface area contributed by atoms with Crippen molar-refractivity contribution < 1.29 is 14.6 Å². The highest BCUT2D eigenvalue weighted by atomic mass is 16.5. The van der Waals surface area contributed by atoms with E-state index in [-0.39, 0.29) is 5.75 Å². The molecule has 0 aliphatic carbocycles. The number of aromatic hydroxyl groups is 1. The Kier molecular flexibility index (Phi) is 4.48. The third-order valence-electron chi connectivity index (χ3n) is 2.72. The average Bonchev–Trinajstić information content (AvgIpc) is 2.29. The zero-order valence-corrected chi connectivity index (χ0v) is 10.1. The van der Waals surface area contributed by atoms with Gasteiger partial charge in [0, 0.05) is 13.7 Å². The predicted octanol–water partition coefficient (Wildman–Crippen LogP) is 0.329. The second kappa shape index (κ2) is 5.65. The molecule has 1 aromatic carbocycles. The van der Waals surface area contributed by atoms with E-state index in [0.717, 1.165) is 0 Å². The number of nitrogens with one attached hydrogen (secondary N) is 1. The number of nitrogens with two attached hydrogens (primary N) is 1. The van der Waals surface area contributed by atoms with Crippen molar-refractivity contribution in [3.8, 4) is 5.75 Å². The fourth-order valence-electron chi connectivity index (χ4n) is 1.53. The van der Waals surface area contributed by atoms with Gasteiger partial charge in [0.1, 0.15) is 11.3 Å². The second-order valence-corrected chi connectivity index (χ2v) is 3.96. The molecule has 0 bridgehead atoms. The average molecular weight is 238 g/mol. The topological polar surface area (TPSA) is 84.6 Å². The van der Waals surface area contributed by atoms with Gasteiger partial charge < -0.3 is 15.6 Å². The molecule has 1 rings (SSSR count). The molecule has 0 aliphatic rings. The summed E-state index contributed by atoms with van der Waals surface area (Å²) >= 11 is 0. The van der Waals surface area contributed by atoms with Crippen LogP contribution in [-0.4, -0.2) is 31.3 Å². The number of phenols is 1. The third kappa shape index (κ3) is 3.18. The SMILES string of the molecule is COCCNC(C)(C(N)=O)c1ccc(O)cc1. The molecular weight excluding hydrogens is 220 g/mol. The third-order valence-corrected chi connectivity index (χ3v) is 2.72. The highest BCUT2D eigenvalue weighted by molar-refractivity contribution is 5.85. The van der Waals surface area contributed by atoms with E-state index in [0.29, 0.717) is 18.7 Å². The summed E-state index contributed by atoms with van der Waals surface area (Å²) in [7, 11) is 1.59. The van der Waals surface area contributed by atoms with Gasteiger partial charge in [-0.25, -0.2) is 0 Å². The molecule has 1 unspecified atom stereocenters. The van der Waals surface area contributed by atoms with Crippen molar-refractivity contribution >= 4 is 5.91 Å². The molecule has 1 aromatic rings. The van der Waals surface area contributed by atoms with Crippen LogP contribution in [0.15, 0.2) is 24.3 Å². The van der Waals surface area contributed by atoms with E-state index in [1.165, 1.54) is 12.1 Å². The standard InChI is InChI=1S/C12H18N2O3/c1-12(11(13)16,14-7-8-17-2)9-3-5-10(15)6-4-9/h3-6,14-15H,7-8H2,1-2H3,(H2,13,16). The first-order valence-electron chi connectivity index (χ1n) is 5.34. The van der Waals surface area contributed by atoms with Gasteiger partial charge in [0.2, 0.25) is 5.91 Å². The Bertz CT molecular complexity index is 378. The molecule has 5 heteroatoms. The molecule has 0 spiro atoms. The lowest BCUT2D eigenvalue weighted by atomic mass is 9.91. The minimum absolute atomic E-state index is 0.150. The smallest absolute Gasteiger partial charge is 0.242 e. The van der Waals surface area contributed by atoms with E-state index in [2.05, 4.69) is 5.32 Å². The summed E-state index contributed by atoms with van der Waals surface area (Å²) < 4.78 is 4.92. The summed E-state index contributed by atoms with van der Waals surface area (Å²) in [5.41, 5.74) is 5.16. The number of amides is 1. The van der Waals surface area contributed by atoms with E-state index < -0.39 is 11.4 Å². The molecule has 0 aromatic heterocycles. The normalized spacial score (nSPS) is 14.2. The van der Waals surface area contributed by atoms with Crippen LogP contribution in [0.25, 0.3) is 0 Å². The Morgan fingerprint density at radius 3 is 2.53 bits per heavy atom. The van der Waals surface area contributed by atoms with Crippen molar-refractivity contribution in [1.29, 1.82) is 0 Å². The number of ether oxygens (including phenoxy) is 1. The Morgan fingerprint density at radius 2 is 2.06 bits per heavy atom. The molecule has 0 aliphatic heterocycles. The molecule has 0 saturated heterocycles. The number of primary amides is 1. The molecule has 1 amide bonds. The molecule has 0 saturated carbocycles. The van der Waals surface area contributed by atoms with Gasteiger partial charge in [-0.05, 0) is 24.6 Å². The lowest BCUT2D eigenvalue weighted by Gasteiger charge is -2.28. The number of phenolic OH excluding ortho intramolecular Hbond substituents is 1. The van der Waals surface area contributed by atoms with Crippen LogP contribution >= 0.6 is 0 Å². The highest BCUT2D eigenvalue weighted by Crippen LogP contribution is 2.22. The Morgan fingerprint density at radius 1 is 1.47 bits per heavy atom. The van der Waals surface area contributed by atoms with Crippen LogP contribution in [-0.2, 0) is 15.1 Å². The van der Waals surface area contributed by atoms with Crippen LogP contribution in [0.5, 0.6) is 5.75 Å². The van der Waals surface area contributed by atoms with Gasteiger partial charge in [-0.1, -0.05) is 12.1 Å². The number of methoxy groups -OCH3 is 1. The summed E-state index contributed by atoms with van der Waals surface area (Å²) in [6.07, 6.45) is 0. The number of benzene rings is 1.